The first-order valence-corrected chi connectivity index (χ1v) is 52.2. The van der Waals surface area contributed by atoms with E-state index >= 15 is 0 Å². The van der Waals surface area contributed by atoms with Gasteiger partial charge in [-0.3, -0.25) is 9.13 Å². The summed E-state index contributed by atoms with van der Waals surface area (Å²) in [5.41, 5.74) is 21.2. The van der Waals surface area contributed by atoms with Gasteiger partial charge in [0.05, 0.1) is 167 Å². The molecule has 143 heavy (non-hydrogen) atoms. The fourth-order valence-electron chi connectivity index (χ4n) is 20.8. The van der Waals surface area contributed by atoms with Crippen molar-refractivity contribution in [3.63, 3.8) is 0 Å². The highest BCUT2D eigenvalue weighted by atomic mass is 16.5. The molecule has 4 aliphatic heterocycles. The Labute approximate surface area is 837 Å². The molecule has 738 valence electrons. The van der Waals surface area contributed by atoms with E-state index < -0.39 is 0 Å². The van der Waals surface area contributed by atoms with Crippen molar-refractivity contribution in [3.8, 4) is 51.4 Å². The molecule has 0 amide bonds. The molecule has 0 radical (unpaired) electrons. The minimum Gasteiger partial charge on any atom is -0.456 e. The summed E-state index contributed by atoms with van der Waals surface area (Å²) in [6.45, 7) is 26.6. The second-order valence-corrected chi connectivity index (χ2v) is 40.6. The van der Waals surface area contributed by atoms with Crippen LogP contribution < -0.4 is 0 Å². The van der Waals surface area contributed by atoms with Gasteiger partial charge < -0.3 is 65.8 Å². The van der Waals surface area contributed by atoms with Crippen LogP contribution in [0.5, 0.6) is 0 Å². The molecule has 0 N–H and O–H groups in total. The van der Waals surface area contributed by atoms with Crippen molar-refractivity contribution in [1.29, 1.82) is 0 Å². The van der Waals surface area contributed by atoms with Crippen LogP contribution in [-0.4, -0.2) is 166 Å². The Kier molecular flexibility index (Phi) is 30.7. The first-order valence-electron chi connectivity index (χ1n) is 52.2. The van der Waals surface area contributed by atoms with E-state index in [-0.39, 0.29) is 21.7 Å². The Bertz CT molecular complexity index is 7310. The third-order valence-electron chi connectivity index (χ3n) is 29.8. The number of furan rings is 1. The third-order valence-corrected chi connectivity index (χ3v) is 29.8. The molecule has 0 bridgehead atoms. The number of hydrogen-bond acceptors (Lipinski definition) is 17. The predicted octanol–water partition coefficient (Wildman–Crippen LogP) is 27.6. The largest absolute Gasteiger partial charge is 0.456 e. The molecule has 4 fully saturated rings. The topological polar surface area (TPSA) is 190 Å². The summed E-state index contributed by atoms with van der Waals surface area (Å²) in [7, 11) is 0. The van der Waals surface area contributed by atoms with Crippen LogP contribution in [0.3, 0.4) is 0 Å². The van der Waals surface area contributed by atoms with E-state index in [0.717, 1.165) is 367 Å². The molecule has 20 heteroatoms. The van der Waals surface area contributed by atoms with Crippen LogP contribution in [0.2, 0.25) is 0 Å². The molecular weight excluding hydrogens is 1780 g/mol. The zero-order valence-corrected chi connectivity index (χ0v) is 83.3. The average Bonchev–Trinajstić information content (AvgIpc) is 1.55. The number of nitrogens with zero attached hydrogens (tertiary/aromatic N) is 7. The molecule has 0 unspecified atom stereocenters. The number of benzene rings is 12. The molecular formula is C123H133N7O13. The maximum Gasteiger partial charge on any atom is 0.235 e. The Hall–Kier alpha value is -12.0. The van der Waals surface area contributed by atoms with Crippen LogP contribution in [0.25, 0.3) is 160 Å². The molecule has 20 nitrogen and oxygen atoms in total. The van der Waals surface area contributed by atoms with E-state index in [2.05, 4.69) is 290 Å². The van der Waals surface area contributed by atoms with Crippen LogP contribution >= 0.6 is 0 Å². The summed E-state index contributed by atoms with van der Waals surface area (Å²) >= 11 is 0. The number of hydrogen-bond donors (Lipinski definition) is 0. The molecule has 22 rings (SSSR count). The number of ether oxygens (including phenoxy) is 12. The van der Waals surface area contributed by atoms with E-state index in [4.69, 9.17) is 81.2 Å². The zero-order chi connectivity index (χ0) is 96.8. The van der Waals surface area contributed by atoms with Gasteiger partial charge in [-0.25, -0.2) is 19.9 Å². The normalized spacial score (nSPS) is 15.3. The highest BCUT2D eigenvalue weighted by molar-refractivity contribution is 6.26. The van der Waals surface area contributed by atoms with Crippen LogP contribution in [0.15, 0.2) is 265 Å². The Balaban J connectivity index is 0.000000170. The second-order valence-electron chi connectivity index (χ2n) is 40.6. The summed E-state index contributed by atoms with van der Waals surface area (Å²) in [4.78, 5) is 21.7. The maximum atomic E-state index is 6.63. The minimum atomic E-state index is 0.190. The lowest BCUT2D eigenvalue weighted by atomic mass is 9.84. The first-order chi connectivity index (χ1) is 70.5. The number of rotatable bonds is 49. The average molecular weight is 1920 g/mol. The van der Waals surface area contributed by atoms with E-state index in [9.17, 15) is 0 Å². The first kappa shape index (κ1) is 97.1. The Morgan fingerprint density at radius 3 is 1.20 bits per heavy atom. The monoisotopic (exact) mass is 1920 g/mol. The summed E-state index contributed by atoms with van der Waals surface area (Å²) in [5, 5.41) is 12.2. The number of fused-ring (bicyclic) bond motifs is 16. The van der Waals surface area contributed by atoms with Crippen LogP contribution in [-0.2, 0) is 83.3 Å². The molecule has 0 saturated carbocycles. The van der Waals surface area contributed by atoms with Crippen molar-refractivity contribution in [1.82, 2.24) is 33.6 Å². The molecule has 10 heterocycles. The number of unbranched alkanes of at least 4 members (excludes halogenated alkanes) is 8. The fraction of sp³-hybridized carbons (Fsp3) is 0.382. The summed E-state index contributed by atoms with van der Waals surface area (Å²) < 4.78 is 85.0. The third kappa shape index (κ3) is 21.5. The van der Waals surface area contributed by atoms with Gasteiger partial charge in [0.2, 0.25) is 11.9 Å². The lowest BCUT2D eigenvalue weighted by Crippen LogP contribution is -2.45. The van der Waals surface area contributed by atoms with Gasteiger partial charge in [0.1, 0.15) is 11.2 Å². The van der Waals surface area contributed by atoms with Crippen molar-refractivity contribution in [3.05, 3.63) is 283 Å². The van der Waals surface area contributed by atoms with E-state index in [1.54, 1.807) is 0 Å². The van der Waals surface area contributed by atoms with Gasteiger partial charge in [-0.05, 0) is 215 Å². The summed E-state index contributed by atoms with van der Waals surface area (Å²) in [6.07, 6.45) is 15.7. The predicted molar refractivity (Wildman–Crippen MR) is 573 cm³/mol. The molecule has 4 saturated heterocycles. The number of para-hydroxylation sites is 2. The fourth-order valence-corrected chi connectivity index (χ4v) is 20.8. The lowest BCUT2D eigenvalue weighted by molar-refractivity contribution is -0.150. The van der Waals surface area contributed by atoms with E-state index in [0.29, 0.717) is 64.8 Å². The van der Waals surface area contributed by atoms with Crippen molar-refractivity contribution in [2.24, 2.45) is 21.7 Å². The molecule has 0 atom stereocenters. The van der Waals surface area contributed by atoms with E-state index in [1.165, 1.54) is 5.39 Å². The molecule has 18 aromatic rings. The van der Waals surface area contributed by atoms with E-state index in [1.807, 2.05) is 12.1 Å². The minimum absolute atomic E-state index is 0.190. The van der Waals surface area contributed by atoms with Crippen LogP contribution in [0.1, 0.15) is 146 Å². The van der Waals surface area contributed by atoms with Crippen molar-refractivity contribution in [2.75, 3.05) is 132 Å². The second kappa shape index (κ2) is 45.1. The highest BCUT2D eigenvalue weighted by Crippen LogP contribution is 2.47. The van der Waals surface area contributed by atoms with Crippen molar-refractivity contribution >= 4 is 109 Å². The van der Waals surface area contributed by atoms with Crippen LogP contribution in [0.4, 0.5) is 0 Å². The van der Waals surface area contributed by atoms with Gasteiger partial charge >= 0.3 is 0 Å². The van der Waals surface area contributed by atoms with Gasteiger partial charge in [0.25, 0.3) is 0 Å². The highest BCUT2D eigenvalue weighted by Gasteiger charge is 2.40. The molecule has 12 aromatic carbocycles. The van der Waals surface area contributed by atoms with Gasteiger partial charge in [-0.2, -0.15) is 0 Å². The SMILES string of the molecule is CCC1(COCCCCCOCc2cc3c4cc5c(cc4n(-c4nc(-c6ccccc6)c6ccccc6n4)c3c3ccccc23)c2cc(COCCCCCOCC3(C)COC3)ccc2n5-c2ccccc2)COC1.CCC1(COCCCCCOCc2ccc3oc4ccc5c6cc(COCCCCCOCC7(CC)COC7)ccc6n(-c6nc(-c7ccccc7)cc(-c7ccccc7)n6)c5c4c3c2)COC1. The molecule has 0 aliphatic carbocycles. The maximum absolute atomic E-state index is 6.63. The zero-order valence-electron chi connectivity index (χ0n) is 83.3. The standard InChI is InChI=1S/C65H68N4O6.C58H65N3O7/c1-3-65(44-75-45-65)43-73-33-19-7-17-31-71-39-48-35-56-55-37-59-54(53-34-46(28-29-58(53)68(59)49-22-10-5-11-23-49)38-70-30-16-6-18-32-72-40-64(2)41-74-42-64)36-60(55)69(62(56)51-25-13-12-24-50(48)51)63-66-57-27-15-14-26-52(57)61(67-63)47-20-8-4-9-21-47;1-3-57(38-66-39-57)36-64-29-15-7-13-27-62-34-42-21-24-51-47(31-42)46-23-26-53-54(48-32-43(22-25-52(48)68-53)35-63-28-14-8-16-30-65-37-58(4-2)40-67-41-58)55(46)61(51)56-59-49(44-17-9-5-10-18-44)33-50(60-56)45-19-11-6-12-20-45/h4-5,8-15,20-29,34-37H,3,6-7,16-19,30-33,38-45H2,1-2H3;5-6,9-12,17-26,31-33H,3-4,7-8,13-16,27-30,34-41H2,1-2H3. The quantitative estimate of drug-likeness (QED) is 0.0327. The van der Waals surface area contributed by atoms with Crippen molar-refractivity contribution < 1.29 is 61.3 Å². The Morgan fingerprint density at radius 2 is 0.685 bits per heavy atom. The lowest BCUT2D eigenvalue weighted by Gasteiger charge is -2.40. The van der Waals surface area contributed by atoms with Gasteiger partial charge in [-0.1, -0.05) is 198 Å². The van der Waals surface area contributed by atoms with Gasteiger partial charge in [0, 0.05) is 145 Å². The summed E-state index contributed by atoms with van der Waals surface area (Å²) in [5.74, 6) is 1.23. The molecule has 6 aromatic heterocycles. The number of aromatic nitrogens is 7. The Morgan fingerprint density at radius 1 is 0.287 bits per heavy atom. The van der Waals surface area contributed by atoms with Gasteiger partial charge in [-0.15, -0.1) is 0 Å². The summed E-state index contributed by atoms with van der Waals surface area (Å²) in [6, 6.07) is 92.5. The van der Waals surface area contributed by atoms with Crippen LogP contribution in [0, 0.1) is 21.7 Å². The van der Waals surface area contributed by atoms with Crippen molar-refractivity contribution in [2.45, 2.75) is 150 Å². The van der Waals surface area contributed by atoms with Gasteiger partial charge in [0.15, 0.2) is 0 Å². The smallest absolute Gasteiger partial charge is 0.235 e. The molecule has 4 aliphatic rings. The molecule has 0 spiro atoms.